The lowest BCUT2D eigenvalue weighted by Crippen LogP contribution is -2.10. The van der Waals surface area contributed by atoms with Gasteiger partial charge in [-0.05, 0) is 23.6 Å². The molecule has 0 aliphatic heterocycles. The molecule has 0 atom stereocenters. The summed E-state index contributed by atoms with van der Waals surface area (Å²) in [5.74, 6) is -0.208. The summed E-state index contributed by atoms with van der Waals surface area (Å²) >= 11 is 0. The van der Waals surface area contributed by atoms with Crippen LogP contribution in [-0.4, -0.2) is 19.2 Å². The summed E-state index contributed by atoms with van der Waals surface area (Å²) in [6.45, 7) is 5.18. The first-order valence-electron chi connectivity index (χ1n) is 6.05. The molecule has 0 unspecified atom stereocenters. The zero-order valence-electron chi connectivity index (χ0n) is 10.8. The fourth-order valence-electron chi connectivity index (χ4n) is 1.34. The van der Waals surface area contributed by atoms with Gasteiger partial charge in [0.2, 0.25) is 0 Å². The minimum Gasteiger partial charge on any atom is -0.461 e. The Kier molecular flexibility index (Phi) is 6.36. The molecule has 4 heteroatoms. The van der Waals surface area contributed by atoms with Crippen LogP contribution < -0.4 is 0 Å². The summed E-state index contributed by atoms with van der Waals surface area (Å²) in [5, 5.41) is 0. The second kappa shape index (κ2) is 7.82. The molecule has 0 amide bonds. The van der Waals surface area contributed by atoms with Crippen LogP contribution in [0.5, 0.6) is 0 Å². The first-order valence-corrected chi connectivity index (χ1v) is 6.05. The predicted octanol–water partition coefficient (Wildman–Crippen LogP) is 2.93. The van der Waals surface area contributed by atoms with Gasteiger partial charge >= 0.3 is 5.97 Å². The van der Waals surface area contributed by atoms with Gasteiger partial charge in [0.1, 0.15) is 12.4 Å². The quantitative estimate of drug-likeness (QED) is 0.554. The van der Waals surface area contributed by atoms with E-state index in [0.29, 0.717) is 24.7 Å². The van der Waals surface area contributed by atoms with Crippen LogP contribution in [-0.2, 0) is 20.9 Å². The molecular weight excluding hydrogens is 235 g/mol. The van der Waals surface area contributed by atoms with E-state index in [1.807, 2.05) is 13.8 Å². The molecule has 18 heavy (non-hydrogen) atoms. The Balaban J connectivity index is 2.17. The largest absolute Gasteiger partial charge is 0.461 e. The molecule has 1 rings (SSSR count). The number of rotatable bonds is 7. The Bertz CT molecular complexity index is 377. The summed E-state index contributed by atoms with van der Waals surface area (Å²) in [6.07, 6.45) is 0.224. The molecule has 0 aromatic heterocycles. The molecule has 0 N–H and O–H groups in total. The van der Waals surface area contributed by atoms with Gasteiger partial charge in [-0.1, -0.05) is 26.0 Å². The van der Waals surface area contributed by atoms with Crippen molar-refractivity contribution in [2.45, 2.75) is 26.9 Å². The fraction of sp³-hybridized carbons (Fsp3) is 0.500. The van der Waals surface area contributed by atoms with Crippen molar-refractivity contribution in [3.63, 3.8) is 0 Å². The maximum Gasteiger partial charge on any atom is 0.308 e. The Morgan fingerprint density at radius 1 is 1.39 bits per heavy atom. The molecule has 0 aliphatic rings. The van der Waals surface area contributed by atoms with Crippen molar-refractivity contribution in [2.75, 3.05) is 13.2 Å². The van der Waals surface area contributed by atoms with Crippen LogP contribution in [0, 0.1) is 11.7 Å². The van der Waals surface area contributed by atoms with E-state index in [4.69, 9.17) is 9.47 Å². The van der Waals surface area contributed by atoms with E-state index in [1.165, 1.54) is 12.1 Å². The average Bonchev–Trinajstić information content (AvgIpc) is 2.32. The highest BCUT2D eigenvalue weighted by Gasteiger charge is 2.04. The Morgan fingerprint density at radius 2 is 2.17 bits per heavy atom. The highest BCUT2D eigenvalue weighted by Crippen LogP contribution is 2.05. The lowest BCUT2D eigenvalue weighted by Gasteiger charge is -2.07. The summed E-state index contributed by atoms with van der Waals surface area (Å²) in [4.78, 5) is 11.4. The lowest BCUT2D eigenvalue weighted by atomic mass is 10.2. The second-order valence-corrected chi connectivity index (χ2v) is 4.51. The maximum atomic E-state index is 12.9. The second-order valence-electron chi connectivity index (χ2n) is 4.51. The Labute approximate surface area is 107 Å². The number of hydrogen-bond donors (Lipinski definition) is 0. The van der Waals surface area contributed by atoms with Gasteiger partial charge in [-0.3, -0.25) is 4.79 Å². The monoisotopic (exact) mass is 254 g/mol. The van der Waals surface area contributed by atoms with Crippen molar-refractivity contribution in [1.82, 2.24) is 0 Å². The van der Waals surface area contributed by atoms with Crippen LogP contribution in [0.4, 0.5) is 4.39 Å². The zero-order valence-corrected chi connectivity index (χ0v) is 10.8. The molecule has 1 aromatic rings. The van der Waals surface area contributed by atoms with Gasteiger partial charge in [-0.2, -0.15) is 0 Å². The molecule has 3 nitrogen and oxygen atoms in total. The van der Waals surface area contributed by atoms with E-state index in [0.717, 1.165) is 0 Å². The van der Waals surface area contributed by atoms with Crippen LogP contribution in [0.1, 0.15) is 25.8 Å². The topological polar surface area (TPSA) is 35.5 Å². The molecule has 1 aromatic carbocycles. The van der Waals surface area contributed by atoms with Crippen molar-refractivity contribution in [1.29, 1.82) is 0 Å². The highest BCUT2D eigenvalue weighted by atomic mass is 19.1. The maximum absolute atomic E-state index is 12.9. The third-order valence-electron chi connectivity index (χ3n) is 2.19. The molecule has 0 saturated carbocycles. The van der Waals surface area contributed by atoms with Crippen LogP contribution in [0.25, 0.3) is 0 Å². The lowest BCUT2D eigenvalue weighted by molar-refractivity contribution is -0.146. The molecule has 0 radical (unpaired) electrons. The Morgan fingerprint density at radius 3 is 2.83 bits per heavy atom. The summed E-state index contributed by atoms with van der Waals surface area (Å²) in [7, 11) is 0. The molecule has 0 bridgehead atoms. The molecule has 0 fully saturated rings. The predicted molar refractivity (Wildman–Crippen MR) is 66.5 cm³/mol. The number of benzene rings is 1. The van der Waals surface area contributed by atoms with Gasteiger partial charge in [0.15, 0.2) is 0 Å². The van der Waals surface area contributed by atoms with Gasteiger partial charge in [-0.15, -0.1) is 0 Å². The van der Waals surface area contributed by atoms with Crippen molar-refractivity contribution in [3.05, 3.63) is 35.6 Å². The van der Waals surface area contributed by atoms with Gasteiger partial charge in [0.25, 0.3) is 0 Å². The van der Waals surface area contributed by atoms with Crippen molar-refractivity contribution >= 4 is 5.97 Å². The minimum absolute atomic E-state index is 0.0980. The molecular formula is C14H19FO3. The summed E-state index contributed by atoms with van der Waals surface area (Å²) in [6, 6.07) is 6.00. The van der Waals surface area contributed by atoms with Gasteiger partial charge in [0, 0.05) is 6.61 Å². The van der Waals surface area contributed by atoms with E-state index < -0.39 is 0 Å². The minimum atomic E-state index is -0.331. The van der Waals surface area contributed by atoms with Crippen LogP contribution in [0.2, 0.25) is 0 Å². The van der Waals surface area contributed by atoms with E-state index in [-0.39, 0.29) is 24.8 Å². The highest BCUT2D eigenvalue weighted by molar-refractivity contribution is 5.69. The van der Waals surface area contributed by atoms with Crippen LogP contribution in [0.3, 0.4) is 0 Å². The van der Waals surface area contributed by atoms with Crippen molar-refractivity contribution in [3.8, 4) is 0 Å². The van der Waals surface area contributed by atoms with Crippen molar-refractivity contribution < 1.29 is 18.7 Å². The summed E-state index contributed by atoms with van der Waals surface area (Å²) in [5.41, 5.74) is 0.645. The van der Waals surface area contributed by atoms with Crippen molar-refractivity contribution in [2.24, 2.45) is 5.92 Å². The molecule has 0 aliphatic carbocycles. The van der Waals surface area contributed by atoms with E-state index in [1.54, 1.807) is 12.1 Å². The Hall–Kier alpha value is -1.42. The first-order chi connectivity index (χ1) is 8.58. The third kappa shape index (κ3) is 6.35. The van der Waals surface area contributed by atoms with Crippen LogP contribution >= 0.6 is 0 Å². The van der Waals surface area contributed by atoms with Gasteiger partial charge in [0.05, 0.1) is 13.0 Å². The average molecular weight is 254 g/mol. The van der Waals surface area contributed by atoms with E-state index in [2.05, 4.69) is 0 Å². The number of carbonyl (C=O) groups excluding carboxylic acids is 1. The smallest absolute Gasteiger partial charge is 0.308 e. The molecule has 0 spiro atoms. The van der Waals surface area contributed by atoms with Gasteiger partial charge in [-0.25, -0.2) is 4.39 Å². The standard InChI is InChI=1S/C14H19FO3/c1-11(2)9-17-7-6-14(16)18-10-12-4-3-5-13(15)8-12/h3-5,8,11H,6-7,9-10H2,1-2H3. The molecule has 0 saturated heterocycles. The summed E-state index contributed by atoms with van der Waals surface area (Å²) < 4.78 is 23.1. The first kappa shape index (κ1) is 14.6. The van der Waals surface area contributed by atoms with E-state index >= 15 is 0 Å². The number of ether oxygens (including phenoxy) is 2. The molecule has 100 valence electrons. The fourth-order valence-corrected chi connectivity index (χ4v) is 1.34. The zero-order chi connectivity index (χ0) is 13.4. The number of esters is 1. The number of halogens is 1. The van der Waals surface area contributed by atoms with E-state index in [9.17, 15) is 9.18 Å². The normalized spacial score (nSPS) is 10.7. The number of carbonyl (C=O) groups is 1. The van der Waals surface area contributed by atoms with Gasteiger partial charge < -0.3 is 9.47 Å². The van der Waals surface area contributed by atoms with Crippen LogP contribution in [0.15, 0.2) is 24.3 Å². The third-order valence-corrected chi connectivity index (χ3v) is 2.19. The number of hydrogen-bond acceptors (Lipinski definition) is 3. The SMILES string of the molecule is CC(C)COCCC(=O)OCc1cccc(F)c1. The molecule has 0 heterocycles.